The number of hydrogen-bond donors (Lipinski definition) is 1. The van der Waals surface area contributed by atoms with Crippen molar-refractivity contribution in [3.63, 3.8) is 0 Å². The zero-order chi connectivity index (χ0) is 27.1. The number of nitrogens with zero attached hydrogens (tertiary/aromatic N) is 2. The summed E-state index contributed by atoms with van der Waals surface area (Å²) < 4.78 is 5.01. The molecule has 2 bridgehead atoms. The van der Waals surface area contributed by atoms with Gasteiger partial charge in [-0.25, -0.2) is 0 Å². The first-order valence-electron chi connectivity index (χ1n) is 13.8. The summed E-state index contributed by atoms with van der Waals surface area (Å²) >= 11 is 1.67. The van der Waals surface area contributed by atoms with Crippen LogP contribution in [0.3, 0.4) is 0 Å². The summed E-state index contributed by atoms with van der Waals surface area (Å²) in [5, 5.41) is 9.22. The Morgan fingerprint density at radius 1 is 1.16 bits per heavy atom. The third kappa shape index (κ3) is 5.57. The first kappa shape index (κ1) is 28.4. The van der Waals surface area contributed by atoms with Crippen molar-refractivity contribution in [3.8, 4) is 0 Å². The first-order chi connectivity index (χ1) is 18.5. The van der Waals surface area contributed by atoms with Crippen molar-refractivity contribution in [3.05, 3.63) is 61.2 Å². The summed E-state index contributed by atoms with van der Waals surface area (Å²) in [6.07, 6.45) is 8.64. The minimum Gasteiger partial charge on any atom is -0.465 e. The smallest absolute Gasteiger partial charge is 0.310 e. The van der Waals surface area contributed by atoms with Gasteiger partial charge in [0.1, 0.15) is 6.04 Å². The molecule has 7 nitrogen and oxygen atoms in total. The number of fused-ring (bicyclic) bond motifs is 1. The van der Waals surface area contributed by atoms with Crippen molar-refractivity contribution in [2.75, 3.05) is 26.3 Å². The lowest BCUT2D eigenvalue weighted by Gasteiger charge is -2.37. The van der Waals surface area contributed by atoms with Gasteiger partial charge in [0.15, 0.2) is 0 Å². The number of carbonyl (C=O) groups excluding carboxylic acids is 3. The summed E-state index contributed by atoms with van der Waals surface area (Å²) in [6.45, 7) is 9.24. The number of hydrogen-bond acceptors (Lipinski definition) is 6. The van der Waals surface area contributed by atoms with Gasteiger partial charge in [0.05, 0.1) is 23.2 Å². The second kappa shape index (κ2) is 13.0. The predicted octanol–water partition coefficient (Wildman–Crippen LogP) is 3.96. The van der Waals surface area contributed by atoms with E-state index in [4.69, 9.17) is 4.74 Å². The van der Waals surface area contributed by atoms with E-state index in [0.717, 1.165) is 31.2 Å². The molecule has 1 aromatic rings. The van der Waals surface area contributed by atoms with Gasteiger partial charge in [0, 0.05) is 31.5 Å². The number of amides is 2. The van der Waals surface area contributed by atoms with Gasteiger partial charge >= 0.3 is 5.97 Å². The molecule has 0 aromatic heterocycles. The number of rotatable bonds is 15. The number of ether oxygens (including phenoxy) is 1. The third-order valence-electron chi connectivity index (χ3n) is 8.04. The van der Waals surface area contributed by atoms with Crippen molar-refractivity contribution in [1.29, 1.82) is 0 Å². The molecule has 3 heterocycles. The molecule has 3 aliphatic heterocycles. The van der Waals surface area contributed by atoms with E-state index in [9.17, 15) is 19.5 Å². The molecule has 3 fully saturated rings. The molecule has 4 rings (SSSR count). The number of benzene rings is 1. The summed E-state index contributed by atoms with van der Waals surface area (Å²) in [5.41, 5.74) is 1.01. The van der Waals surface area contributed by atoms with Gasteiger partial charge in [-0.3, -0.25) is 14.4 Å². The molecule has 5 atom stereocenters. The van der Waals surface area contributed by atoms with E-state index < -0.39 is 22.6 Å². The van der Waals surface area contributed by atoms with Gasteiger partial charge in [0.25, 0.3) is 0 Å². The lowest BCUT2D eigenvalue weighted by molar-refractivity contribution is -0.154. The highest BCUT2D eigenvalue weighted by atomic mass is 32.2. The van der Waals surface area contributed by atoms with Gasteiger partial charge < -0.3 is 19.6 Å². The van der Waals surface area contributed by atoms with Crippen LogP contribution in [-0.4, -0.2) is 75.0 Å². The van der Waals surface area contributed by atoms with E-state index in [1.54, 1.807) is 33.7 Å². The van der Waals surface area contributed by atoms with Crippen LogP contribution in [0, 0.1) is 11.8 Å². The molecule has 2 unspecified atom stereocenters. The maximum atomic E-state index is 14.3. The molecule has 3 aliphatic rings. The molecule has 3 saturated heterocycles. The molecule has 2 amide bonds. The van der Waals surface area contributed by atoms with E-state index in [0.29, 0.717) is 45.5 Å². The molecule has 1 spiro atoms. The number of carbonyl (C=O) groups is 3. The van der Waals surface area contributed by atoms with E-state index in [1.165, 1.54) is 0 Å². The maximum Gasteiger partial charge on any atom is 0.310 e. The Labute approximate surface area is 230 Å². The van der Waals surface area contributed by atoms with Crippen molar-refractivity contribution in [2.24, 2.45) is 11.8 Å². The number of unbranched alkanes of at least 4 members (excludes halogenated alkanes) is 3. The highest BCUT2D eigenvalue weighted by Gasteiger charge is 2.74. The average molecular weight is 541 g/mol. The van der Waals surface area contributed by atoms with Crippen molar-refractivity contribution in [2.45, 2.75) is 67.5 Å². The Hall–Kier alpha value is -2.58. The molecule has 206 valence electrons. The summed E-state index contributed by atoms with van der Waals surface area (Å²) in [6, 6.07) is 9.20. The lowest BCUT2D eigenvalue weighted by atomic mass is 9.71. The number of allylic oxidation sites excluding steroid dienone is 1. The molecule has 1 N–H and O–H groups in total. The fourth-order valence-corrected chi connectivity index (χ4v) is 8.57. The second-order valence-corrected chi connectivity index (χ2v) is 12.1. The molecular weight excluding hydrogens is 500 g/mol. The zero-order valence-electron chi connectivity index (χ0n) is 22.1. The van der Waals surface area contributed by atoms with E-state index >= 15 is 0 Å². The van der Waals surface area contributed by atoms with Gasteiger partial charge in [-0.2, -0.15) is 0 Å². The van der Waals surface area contributed by atoms with E-state index in [1.807, 2.05) is 30.3 Å². The van der Waals surface area contributed by atoms with Crippen LogP contribution in [0.5, 0.6) is 0 Å². The van der Waals surface area contributed by atoms with E-state index in [2.05, 4.69) is 13.2 Å². The van der Waals surface area contributed by atoms with Crippen molar-refractivity contribution in [1.82, 2.24) is 9.80 Å². The maximum absolute atomic E-state index is 14.3. The SMILES string of the molecule is C=CCCCOC(=O)[C@@H]1[C@H]2C(=O)N(CCCCCO)C(C(=O)N(CC=C)Cc3ccccc3)C23CC[C@H]1S3. The van der Waals surface area contributed by atoms with Crippen LogP contribution in [0.25, 0.3) is 0 Å². The van der Waals surface area contributed by atoms with Gasteiger partial charge in [0.2, 0.25) is 11.8 Å². The molecule has 1 aromatic carbocycles. The molecule has 0 radical (unpaired) electrons. The van der Waals surface area contributed by atoms with Gasteiger partial charge in [-0.05, 0) is 50.5 Å². The van der Waals surface area contributed by atoms with Crippen LogP contribution in [-0.2, 0) is 25.7 Å². The highest BCUT2D eigenvalue weighted by Crippen LogP contribution is 2.66. The Bertz CT molecular complexity index is 1020. The first-order valence-corrected chi connectivity index (χ1v) is 14.7. The third-order valence-corrected chi connectivity index (χ3v) is 9.99. The Morgan fingerprint density at radius 2 is 1.95 bits per heavy atom. The fourth-order valence-electron chi connectivity index (χ4n) is 6.37. The largest absolute Gasteiger partial charge is 0.465 e. The second-order valence-electron chi connectivity index (χ2n) is 10.5. The molecule has 8 heteroatoms. The van der Waals surface area contributed by atoms with Crippen LogP contribution < -0.4 is 0 Å². The monoisotopic (exact) mass is 540 g/mol. The quantitative estimate of drug-likeness (QED) is 0.206. The Kier molecular flexibility index (Phi) is 9.71. The van der Waals surface area contributed by atoms with Crippen LogP contribution in [0.4, 0.5) is 0 Å². The molecule has 38 heavy (non-hydrogen) atoms. The van der Waals surface area contributed by atoms with Gasteiger partial charge in [-0.15, -0.1) is 24.9 Å². The normalized spacial score (nSPS) is 27.3. The van der Waals surface area contributed by atoms with Crippen molar-refractivity contribution < 1.29 is 24.2 Å². The summed E-state index contributed by atoms with van der Waals surface area (Å²) in [4.78, 5) is 45.2. The van der Waals surface area contributed by atoms with Crippen LogP contribution in [0.15, 0.2) is 55.6 Å². The summed E-state index contributed by atoms with van der Waals surface area (Å²) in [7, 11) is 0. The number of esters is 1. The van der Waals surface area contributed by atoms with Crippen LogP contribution in [0.1, 0.15) is 50.5 Å². The fraction of sp³-hybridized carbons (Fsp3) is 0.567. The summed E-state index contributed by atoms with van der Waals surface area (Å²) in [5.74, 6) is -1.57. The van der Waals surface area contributed by atoms with E-state index in [-0.39, 0.29) is 29.6 Å². The molecule has 0 aliphatic carbocycles. The molecular formula is C30H40N2O5S. The number of likely N-dealkylation sites (tertiary alicyclic amines) is 1. The topological polar surface area (TPSA) is 87.1 Å². The average Bonchev–Trinajstić information content (AvgIpc) is 3.56. The standard InChI is InChI=1S/C30H40N2O5S/c1-3-5-12-20-37-29(36)24-23-15-16-30(38-23)25(24)27(34)32(18-10-7-11-19-33)26(30)28(35)31(17-4-2)21-22-13-8-6-9-14-22/h3-4,6,8-9,13-14,23-26,33H,1-2,5,7,10-12,15-21H2/t23-,24+,25+,26?,30?/m1/s1. The molecule has 0 saturated carbocycles. The zero-order valence-corrected chi connectivity index (χ0v) is 22.9. The van der Waals surface area contributed by atoms with Crippen LogP contribution in [0.2, 0.25) is 0 Å². The predicted molar refractivity (Wildman–Crippen MR) is 149 cm³/mol. The number of aliphatic hydroxyl groups is 1. The highest BCUT2D eigenvalue weighted by molar-refractivity contribution is 8.02. The number of aliphatic hydroxyl groups excluding tert-OH is 1. The lowest BCUT2D eigenvalue weighted by Crippen LogP contribution is -2.54. The minimum absolute atomic E-state index is 0.00956. The van der Waals surface area contributed by atoms with Crippen molar-refractivity contribution >= 4 is 29.5 Å². The number of thioether (sulfide) groups is 1. The Morgan fingerprint density at radius 3 is 2.66 bits per heavy atom. The van der Waals surface area contributed by atoms with Gasteiger partial charge in [-0.1, -0.05) is 42.5 Å². The van der Waals surface area contributed by atoms with Crippen LogP contribution >= 0.6 is 11.8 Å². The Balaban J connectivity index is 1.62. The minimum atomic E-state index is -0.633.